The van der Waals surface area contributed by atoms with Gasteiger partial charge in [-0.3, -0.25) is 4.79 Å². The molecule has 0 aromatic heterocycles. The van der Waals surface area contributed by atoms with Gasteiger partial charge in [0, 0.05) is 12.7 Å². The van der Waals surface area contributed by atoms with Gasteiger partial charge in [0.15, 0.2) is 0 Å². The minimum Gasteiger partial charge on any atom is -0.748 e. The fraction of sp³-hybridized carbons (Fsp3) is 0.667. The van der Waals surface area contributed by atoms with E-state index < -0.39 is 40.2 Å². The molecule has 1 atom stereocenters. The molecule has 0 heterocycles. The van der Waals surface area contributed by atoms with Crippen molar-refractivity contribution in [2.24, 2.45) is 0 Å². The molecule has 0 bridgehead atoms. The summed E-state index contributed by atoms with van der Waals surface area (Å²) in [5.74, 6) is -3.11. The van der Waals surface area contributed by atoms with Gasteiger partial charge >= 0.3 is 37.7 Å². The van der Waals surface area contributed by atoms with E-state index in [4.69, 9.17) is 0 Å². The Bertz CT molecular complexity index is 330. The second-order valence-electron chi connectivity index (χ2n) is 2.62. The smallest absolute Gasteiger partial charge is 0.748 e. The molecule has 0 aliphatic carbocycles. The first-order valence-corrected chi connectivity index (χ1v) is 5.21. The van der Waals surface area contributed by atoms with E-state index in [1.165, 1.54) is 0 Å². The second kappa shape index (κ2) is 9.11. The SMILES string of the molecule is CC(=O)NC(CCS(=O)(=O)[O-])C(=O)[O-].[Li+].[Li+]. The van der Waals surface area contributed by atoms with Gasteiger partial charge in [0.2, 0.25) is 5.91 Å². The number of nitrogens with one attached hydrogen (secondary N) is 1. The first-order valence-electron chi connectivity index (χ1n) is 3.64. The minimum absolute atomic E-state index is 0. The normalized spacial score (nSPS) is 11.6. The summed E-state index contributed by atoms with van der Waals surface area (Å²) in [6.45, 7) is 1.07. The third-order valence-corrected chi connectivity index (χ3v) is 2.05. The summed E-state index contributed by atoms with van der Waals surface area (Å²) < 4.78 is 30.5. The summed E-state index contributed by atoms with van der Waals surface area (Å²) in [5, 5.41) is 12.3. The van der Waals surface area contributed by atoms with Crippen molar-refractivity contribution in [3.63, 3.8) is 0 Å². The van der Waals surface area contributed by atoms with Gasteiger partial charge in [-0.15, -0.1) is 0 Å². The number of carboxylic acids is 1. The van der Waals surface area contributed by atoms with Crippen molar-refractivity contribution in [1.29, 1.82) is 0 Å². The van der Waals surface area contributed by atoms with Crippen molar-refractivity contribution in [2.75, 3.05) is 5.75 Å². The Morgan fingerprint density at radius 2 is 1.75 bits per heavy atom. The van der Waals surface area contributed by atoms with Crippen LogP contribution in [0, 0.1) is 0 Å². The van der Waals surface area contributed by atoms with E-state index in [1.54, 1.807) is 0 Å². The van der Waals surface area contributed by atoms with Gasteiger partial charge in [0.05, 0.1) is 22.1 Å². The first kappa shape index (κ1) is 21.3. The van der Waals surface area contributed by atoms with Crippen molar-refractivity contribution in [1.82, 2.24) is 5.32 Å². The molecule has 0 saturated heterocycles. The van der Waals surface area contributed by atoms with Crippen LogP contribution >= 0.6 is 0 Å². The number of carbonyl (C=O) groups excluding carboxylic acids is 2. The molecule has 0 aliphatic rings. The van der Waals surface area contributed by atoms with Crippen molar-refractivity contribution in [3.8, 4) is 0 Å². The minimum atomic E-state index is -4.48. The first-order chi connectivity index (χ1) is 6.22. The van der Waals surface area contributed by atoms with Gasteiger partial charge in [-0.1, -0.05) is 0 Å². The number of carbonyl (C=O) groups is 2. The van der Waals surface area contributed by atoms with Crippen molar-refractivity contribution >= 4 is 22.0 Å². The topological polar surface area (TPSA) is 126 Å². The van der Waals surface area contributed by atoms with Gasteiger partial charge in [0.1, 0.15) is 0 Å². The van der Waals surface area contributed by atoms with Crippen LogP contribution in [0.2, 0.25) is 0 Å². The van der Waals surface area contributed by atoms with E-state index in [9.17, 15) is 27.7 Å². The second-order valence-corrected chi connectivity index (χ2v) is 4.15. The van der Waals surface area contributed by atoms with Crippen LogP contribution in [0.25, 0.3) is 0 Å². The predicted octanol–water partition coefficient (Wildman–Crippen LogP) is -8.82. The summed E-state index contributed by atoms with van der Waals surface area (Å²) in [6, 6.07) is -1.45. The number of amides is 1. The van der Waals surface area contributed by atoms with E-state index >= 15 is 0 Å². The molecule has 0 aromatic carbocycles. The maximum Gasteiger partial charge on any atom is 1.00 e. The predicted molar refractivity (Wildman–Crippen MR) is 41.8 cm³/mol. The Kier molecular flexibility index (Phi) is 12.2. The Hall–Kier alpha value is 0.0448. The van der Waals surface area contributed by atoms with E-state index in [2.05, 4.69) is 0 Å². The van der Waals surface area contributed by atoms with Crippen molar-refractivity contribution in [2.45, 2.75) is 19.4 Å². The quantitative estimate of drug-likeness (QED) is 0.373. The van der Waals surface area contributed by atoms with E-state index in [0.717, 1.165) is 6.92 Å². The van der Waals surface area contributed by atoms with Crippen LogP contribution in [0.1, 0.15) is 13.3 Å². The number of aliphatic carboxylic acids is 1. The van der Waals surface area contributed by atoms with Crippen LogP contribution in [-0.2, 0) is 19.7 Å². The van der Waals surface area contributed by atoms with E-state index in [0.29, 0.717) is 0 Å². The summed E-state index contributed by atoms with van der Waals surface area (Å²) >= 11 is 0. The van der Waals surface area contributed by atoms with Crippen LogP contribution in [0.15, 0.2) is 0 Å². The maximum atomic E-state index is 10.5. The molecule has 0 aliphatic heterocycles. The van der Waals surface area contributed by atoms with Crippen molar-refractivity contribution < 1.29 is 65.4 Å². The summed E-state index contributed by atoms with van der Waals surface area (Å²) in [5.41, 5.74) is 0. The molecular formula is C6H9Li2NO6S. The van der Waals surface area contributed by atoms with Gasteiger partial charge in [-0.2, -0.15) is 0 Å². The molecule has 0 rings (SSSR count). The number of rotatable bonds is 5. The standard InChI is InChI=1S/C6H11NO6S.2Li/c1-4(8)7-5(6(9)10)2-3-14(11,12)13;;/h5H,2-3H2,1H3,(H,7,8)(H,9,10)(H,11,12,13);;/q;2*+1/p-2. The number of carboxylic acid groups (broad SMARTS) is 1. The fourth-order valence-corrected chi connectivity index (χ4v) is 1.28. The molecule has 16 heavy (non-hydrogen) atoms. The van der Waals surface area contributed by atoms with Gasteiger partial charge < -0.3 is 19.8 Å². The van der Waals surface area contributed by atoms with Crippen LogP contribution in [0.3, 0.4) is 0 Å². The zero-order chi connectivity index (χ0) is 11.4. The summed E-state index contributed by atoms with van der Waals surface area (Å²) in [6.07, 6.45) is -0.492. The average Bonchev–Trinajstić information content (AvgIpc) is 1.94. The number of hydrogen-bond donors (Lipinski definition) is 1. The Balaban J connectivity index is -0.000000845. The molecule has 1 amide bonds. The molecule has 1 N–H and O–H groups in total. The molecule has 10 heteroatoms. The molecule has 0 aromatic rings. The van der Waals surface area contributed by atoms with E-state index in [-0.39, 0.29) is 37.7 Å². The molecule has 7 nitrogen and oxygen atoms in total. The molecule has 0 spiro atoms. The molecule has 1 unspecified atom stereocenters. The maximum absolute atomic E-state index is 10.5. The third-order valence-electron chi connectivity index (χ3n) is 1.32. The van der Waals surface area contributed by atoms with Crippen LogP contribution in [0.4, 0.5) is 0 Å². The monoisotopic (exact) mass is 237 g/mol. The molecule has 0 radical (unpaired) electrons. The average molecular weight is 237 g/mol. The Morgan fingerprint density at radius 1 is 1.31 bits per heavy atom. The summed E-state index contributed by atoms with van der Waals surface area (Å²) in [7, 11) is -4.48. The van der Waals surface area contributed by atoms with Crippen molar-refractivity contribution in [3.05, 3.63) is 0 Å². The van der Waals surface area contributed by atoms with Gasteiger partial charge in [-0.25, -0.2) is 8.42 Å². The Labute approximate surface area is 117 Å². The van der Waals surface area contributed by atoms with Crippen LogP contribution in [0.5, 0.6) is 0 Å². The number of hydrogen-bond acceptors (Lipinski definition) is 6. The third kappa shape index (κ3) is 12.1. The van der Waals surface area contributed by atoms with Gasteiger partial charge in [0.25, 0.3) is 0 Å². The molecule has 82 valence electrons. The summed E-state index contributed by atoms with van der Waals surface area (Å²) in [4.78, 5) is 20.8. The van der Waals surface area contributed by atoms with Gasteiger partial charge in [-0.05, 0) is 6.42 Å². The van der Waals surface area contributed by atoms with Crippen LogP contribution < -0.4 is 48.1 Å². The van der Waals surface area contributed by atoms with Crippen LogP contribution in [-0.4, -0.2) is 36.6 Å². The molecular weight excluding hydrogens is 228 g/mol. The fourth-order valence-electron chi connectivity index (χ4n) is 0.756. The molecule has 0 fully saturated rings. The zero-order valence-corrected chi connectivity index (χ0v) is 10.2. The molecule has 0 saturated carbocycles. The Morgan fingerprint density at radius 3 is 2.00 bits per heavy atom. The largest absolute Gasteiger partial charge is 1.00 e. The zero-order valence-electron chi connectivity index (χ0n) is 9.35. The van der Waals surface area contributed by atoms with E-state index in [1.807, 2.05) is 5.32 Å².